The topological polar surface area (TPSA) is 114 Å². The van der Waals surface area contributed by atoms with Gasteiger partial charge in [-0.1, -0.05) is 12.1 Å². The smallest absolute Gasteiger partial charge is 0.231 e. The van der Waals surface area contributed by atoms with Crippen LogP contribution in [0.3, 0.4) is 0 Å². The Labute approximate surface area is 194 Å². The van der Waals surface area contributed by atoms with Crippen LogP contribution in [0.5, 0.6) is 5.75 Å². The summed E-state index contributed by atoms with van der Waals surface area (Å²) in [7, 11) is 0. The number of carbonyl (C=O) groups excluding carboxylic acids is 3. The van der Waals surface area contributed by atoms with E-state index in [1.807, 2.05) is 31.2 Å². The third kappa shape index (κ3) is 5.23. The SMILES string of the molecule is CCOc1ccccc1N1CC(C(=O)Nc2nc(-c3ccc(CNC(C)=O)o3)cs2)CC1=O. The Balaban J connectivity index is 1.39. The molecule has 3 heterocycles. The Morgan fingerprint density at radius 1 is 1.27 bits per heavy atom. The molecule has 2 aromatic heterocycles. The molecule has 1 aliphatic rings. The highest BCUT2D eigenvalue weighted by atomic mass is 32.1. The maximum absolute atomic E-state index is 12.8. The van der Waals surface area contributed by atoms with Gasteiger partial charge in [0, 0.05) is 25.3 Å². The van der Waals surface area contributed by atoms with Crippen LogP contribution in [0.1, 0.15) is 26.0 Å². The zero-order chi connectivity index (χ0) is 23.4. The molecule has 3 aromatic rings. The van der Waals surface area contributed by atoms with Gasteiger partial charge in [-0.05, 0) is 31.2 Å². The van der Waals surface area contributed by atoms with Gasteiger partial charge in [0.2, 0.25) is 17.7 Å². The summed E-state index contributed by atoms with van der Waals surface area (Å²) >= 11 is 1.27. The second-order valence-electron chi connectivity index (χ2n) is 7.51. The second kappa shape index (κ2) is 9.86. The predicted octanol–water partition coefficient (Wildman–Crippen LogP) is 3.43. The molecular formula is C23H24N4O5S. The van der Waals surface area contributed by atoms with Crippen molar-refractivity contribution in [2.75, 3.05) is 23.4 Å². The van der Waals surface area contributed by atoms with Crippen LogP contribution in [-0.4, -0.2) is 35.9 Å². The lowest BCUT2D eigenvalue weighted by molar-refractivity contribution is -0.122. The van der Waals surface area contributed by atoms with Crippen molar-refractivity contribution >= 4 is 39.9 Å². The number of ether oxygens (including phenoxy) is 1. The number of benzene rings is 1. The van der Waals surface area contributed by atoms with Crippen molar-refractivity contribution in [1.82, 2.24) is 10.3 Å². The average molecular weight is 469 g/mol. The van der Waals surface area contributed by atoms with Gasteiger partial charge in [-0.25, -0.2) is 4.98 Å². The Bertz CT molecular complexity index is 1170. The average Bonchev–Trinajstić information content (AvgIpc) is 3.53. The van der Waals surface area contributed by atoms with Crippen LogP contribution in [0.15, 0.2) is 46.2 Å². The zero-order valence-electron chi connectivity index (χ0n) is 18.3. The van der Waals surface area contributed by atoms with Crippen LogP contribution in [0.2, 0.25) is 0 Å². The summed E-state index contributed by atoms with van der Waals surface area (Å²) < 4.78 is 11.3. The van der Waals surface area contributed by atoms with E-state index in [0.29, 0.717) is 46.9 Å². The molecule has 1 saturated heterocycles. The molecule has 1 aromatic carbocycles. The summed E-state index contributed by atoms with van der Waals surface area (Å²) in [5.41, 5.74) is 1.25. The molecule has 10 heteroatoms. The van der Waals surface area contributed by atoms with Gasteiger partial charge in [-0.3, -0.25) is 14.4 Å². The number of furan rings is 1. The summed E-state index contributed by atoms with van der Waals surface area (Å²) in [5.74, 6) is 0.757. The number of carbonyl (C=O) groups is 3. The molecule has 4 rings (SSSR count). The Morgan fingerprint density at radius 2 is 2.09 bits per heavy atom. The second-order valence-corrected chi connectivity index (χ2v) is 8.37. The normalized spacial score (nSPS) is 15.5. The fourth-order valence-corrected chi connectivity index (χ4v) is 4.25. The molecule has 33 heavy (non-hydrogen) atoms. The molecule has 1 aliphatic heterocycles. The van der Waals surface area contributed by atoms with Crippen molar-refractivity contribution in [1.29, 1.82) is 0 Å². The molecular weight excluding hydrogens is 444 g/mol. The summed E-state index contributed by atoms with van der Waals surface area (Å²) in [6.45, 7) is 4.38. The third-order valence-corrected chi connectivity index (χ3v) is 5.87. The first-order valence-corrected chi connectivity index (χ1v) is 11.4. The fraction of sp³-hybridized carbons (Fsp3) is 0.304. The van der Waals surface area contributed by atoms with Crippen LogP contribution < -0.4 is 20.3 Å². The first kappa shape index (κ1) is 22.5. The Hall–Kier alpha value is -3.66. The van der Waals surface area contributed by atoms with Gasteiger partial charge in [0.05, 0.1) is 24.8 Å². The van der Waals surface area contributed by atoms with Crippen LogP contribution in [-0.2, 0) is 20.9 Å². The molecule has 9 nitrogen and oxygen atoms in total. The van der Waals surface area contributed by atoms with Crippen molar-refractivity contribution in [2.24, 2.45) is 5.92 Å². The summed E-state index contributed by atoms with van der Waals surface area (Å²) in [6, 6.07) is 10.8. The number of nitrogens with one attached hydrogen (secondary N) is 2. The highest BCUT2D eigenvalue weighted by molar-refractivity contribution is 7.14. The molecule has 2 N–H and O–H groups in total. The molecule has 172 valence electrons. The molecule has 1 fully saturated rings. The number of anilines is 2. The van der Waals surface area contributed by atoms with E-state index in [1.54, 1.807) is 22.4 Å². The number of aromatic nitrogens is 1. The third-order valence-electron chi connectivity index (χ3n) is 5.11. The van der Waals surface area contributed by atoms with E-state index in [1.165, 1.54) is 18.3 Å². The van der Waals surface area contributed by atoms with Crippen molar-refractivity contribution in [3.63, 3.8) is 0 Å². The van der Waals surface area contributed by atoms with Gasteiger partial charge >= 0.3 is 0 Å². The molecule has 3 amide bonds. The monoisotopic (exact) mass is 468 g/mol. The minimum atomic E-state index is -0.493. The van der Waals surface area contributed by atoms with E-state index in [2.05, 4.69) is 15.6 Å². The van der Waals surface area contributed by atoms with E-state index in [9.17, 15) is 14.4 Å². The van der Waals surface area contributed by atoms with Crippen molar-refractivity contribution in [2.45, 2.75) is 26.8 Å². The first-order chi connectivity index (χ1) is 15.9. The van der Waals surface area contributed by atoms with Crippen molar-refractivity contribution < 1.29 is 23.5 Å². The number of hydrogen-bond acceptors (Lipinski definition) is 7. The zero-order valence-corrected chi connectivity index (χ0v) is 19.1. The predicted molar refractivity (Wildman–Crippen MR) is 124 cm³/mol. The quantitative estimate of drug-likeness (QED) is 0.524. The fourth-order valence-electron chi connectivity index (χ4n) is 3.55. The van der Waals surface area contributed by atoms with E-state index in [4.69, 9.17) is 9.15 Å². The molecule has 1 unspecified atom stereocenters. The Morgan fingerprint density at radius 3 is 2.88 bits per heavy atom. The molecule has 0 aliphatic carbocycles. The van der Waals surface area contributed by atoms with Gasteiger partial charge in [0.1, 0.15) is 17.2 Å². The number of amides is 3. The van der Waals surface area contributed by atoms with Crippen LogP contribution >= 0.6 is 11.3 Å². The van der Waals surface area contributed by atoms with E-state index in [-0.39, 0.29) is 30.7 Å². The summed E-state index contributed by atoms with van der Waals surface area (Å²) in [5, 5.41) is 7.69. The van der Waals surface area contributed by atoms with Gasteiger partial charge in [-0.2, -0.15) is 0 Å². The first-order valence-electron chi connectivity index (χ1n) is 10.6. The minimum absolute atomic E-state index is 0.120. The van der Waals surface area contributed by atoms with E-state index >= 15 is 0 Å². The number of nitrogens with zero attached hydrogens (tertiary/aromatic N) is 2. The minimum Gasteiger partial charge on any atom is -0.492 e. The van der Waals surface area contributed by atoms with E-state index in [0.717, 1.165) is 0 Å². The lowest BCUT2D eigenvalue weighted by Crippen LogP contribution is -2.28. The lowest BCUT2D eigenvalue weighted by atomic mass is 10.1. The number of para-hydroxylation sites is 2. The van der Waals surface area contributed by atoms with Crippen LogP contribution in [0.25, 0.3) is 11.5 Å². The van der Waals surface area contributed by atoms with E-state index < -0.39 is 5.92 Å². The van der Waals surface area contributed by atoms with Crippen molar-refractivity contribution in [3.8, 4) is 17.2 Å². The summed E-state index contributed by atoms with van der Waals surface area (Å²) in [4.78, 5) is 42.5. The van der Waals surface area contributed by atoms with Crippen LogP contribution in [0, 0.1) is 5.92 Å². The Kier molecular flexibility index (Phi) is 6.74. The number of hydrogen-bond donors (Lipinski definition) is 2. The van der Waals surface area contributed by atoms with Gasteiger partial charge in [-0.15, -0.1) is 11.3 Å². The summed E-state index contributed by atoms with van der Waals surface area (Å²) in [6.07, 6.45) is 0.120. The van der Waals surface area contributed by atoms with Crippen LogP contribution in [0.4, 0.5) is 10.8 Å². The highest BCUT2D eigenvalue weighted by Gasteiger charge is 2.36. The maximum Gasteiger partial charge on any atom is 0.231 e. The number of thiazole rings is 1. The van der Waals surface area contributed by atoms with Gasteiger partial charge in [0.15, 0.2) is 10.9 Å². The van der Waals surface area contributed by atoms with Crippen molar-refractivity contribution in [3.05, 3.63) is 47.5 Å². The van der Waals surface area contributed by atoms with Gasteiger partial charge < -0.3 is 24.7 Å². The molecule has 0 spiro atoms. The highest BCUT2D eigenvalue weighted by Crippen LogP contribution is 2.34. The largest absolute Gasteiger partial charge is 0.492 e. The van der Waals surface area contributed by atoms with Gasteiger partial charge in [0.25, 0.3) is 0 Å². The molecule has 0 bridgehead atoms. The molecule has 1 atom stereocenters. The molecule has 0 saturated carbocycles. The number of rotatable bonds is 8. The maximum atomic E-state index is 12.8. The lowest BCUT2D eigenvalue weighted by Gasteiger charge is -2.20. The standard InChI is InChI=1S/C23H24N4O5S/c1-3-31-20-7-5-4-6-18(20)27-12-15(10-21(27)29)22(30)26-23-25-17(13-33-23)19-9-8-16(32-19)11-24-14(2)28/h4-9,13,15H,3,10-12H2,1-2H3,(H,24,28)(H,25,26,30). The molecule has 0 radical (unpaired) electrons.